The van der Waals surface area contributed by atoms with Gasteiger partial charge in [-0.1, -0.05) is 0 Å². The standard InChI is InChI=1S/C9H5IN3O4/c1-3-2-4-6(7(5(3)10)13(16)17)12-9(15)8(14)11-4/h2H,1H3,(H,11,14). The largest absolute Gasteiger partial charge is 0.336 e. The Labute approximate surface area is 109 Å². The van der Waals surface area contributed by atoms with Crippen LogP contribution in [0.3, 0.4) is 0 Å². The van der Waals surface area contributed by atoms with E-state index in [4.69, 9.17) is 0 Å². The maximum atomic E-state index is 11.1. The van der Waals surface area contributed by atoms with Gasteiger partial charge < -0.3 is 5.32 Å². The molecule has 0 aromatic heterocycles. The van der Waals surface area contributed by atoms with Crippen LogP contribution in [0.5, 0.6) is 0 Å². The molecule has 2 rings (SSSR count). The van der Waals surface area contributed by atoms with Gasteiger partial charge in [0.25, 0.3) is 0 Å². The summed E-state index contributed by atoms with van der Waals surface area (Å²) in [6.45, 7) is 1.68. The number of nitro groups is 1. The van der Waals surface area contributed by atoms with Crippen molar-refractivity contribution in [3.8, 4) is 0 Å². The third-order valence-electron chi connectivity index (χ3n) is 2.23. The van der Waals surface area contributed by atoms with Crippen molar-refractivity contribution in [2.24, 2.45) is 0 Å². The number of rotatable bonds is 1. The Morgan fingerprint density at radius 3 is 2.71 bits per heavy atom. The number of fused-ring (bicyclic) bond motifs is 1. The van der Waals surface area contributed by atoms with Crippen LogP contribution in [-0.2, 0) is 9.59 Å². The number of nitrogens with one attached hydrogen (secondary N) is 1. The van der Waals surface area contributed by atoms with Gasteiger partial charge in [-0.15, -0.1) is 0 Å². The van der Waals surface area contributed by atoms with Crippen molar-refractivity contribution < 1.29 is 14.5 Å². The molecule has 1 radical (unpaired) electrons. The maximum absolute atomic E-state index is 11.1. The third-order valence-corrected chi connectivity index (χ3v) is 3.59. The first kappa shape index (κ1) is 11.8. The molecule has 0 bridgehead atoms. The fourth-order valence-electron chi connectivity index (χ4n) is 1.47. The van der Waals surface area contributed by atoms with E-state index in [1.165, 1.54) is 0 Å². The topological polar surface area (TPSA) is 103 Å². The predicted octanol–water partition coefficient (Wildman–Crippen LogP) is 1.22. The van der Waals surface area contributed by atoms with Crippen molar-refractivity contribution in [2.45, 2.75) is 6.92 Å². The summed E-state index contributed by atoms with van der Waals surface area (Å²) >= 11 is 1.81. The van der Waals surface area contributed by atoms with E-state index in [1.54, 1.807) is 13.0 Å². The number of benzene rings is 1. The van der Waals surface area contributed by atoms with Gasteiger partial charge in [0, 0.05) is 0 Å². The molecule has 17 heavy (non-hydrogen) atoms. The number of amides is 2. The molecular formula is C9H5IN3O4. The van der Waals surface area contributed by atoms with Crippen LogP contribution < -0.4 is 10.6 Å². The van der Waals surface area contributed by atoms with E-state index in [0.29, 0.717) is 9.13 Å². The van der Waals surface area contributed by atoms with Crippen molar-refractivity contribution in [3.05, 3.63) is 25.3 Å². The number of nitro benzene ring substituents is 1. The van der Waals surface area contributed by atoms with Crippen LogP contribution >= 0.6 is 22.6 Å². The second kappa shape index (κ2) is 3.95. The Kier molecular flexibility index (Phi) is 2.73. The molecule has 1 aliphatic heterocycles. The average molecular weight is 346 g/mol. The molecule has 0 aliphatic carbocycles. The van der Waals surface area contributed by atoms with Gasteiger partial charge in [0.05, 0.1) is 14.2 Å². The quantitative estimate of drug-likeness (QED) is 0.357. The van der Waals surface area contributed by atoms with E-state index in [0.717, 1.165) is 0 Å². The summed E-state index contributed by atoms with van der Waals surface area (Å²) in [4.78, 5) is 32.6. The average Bonchev–Trinajstić information content (AvgIpc) is 2.23. The zero-order chi connectivity index (χ0) is 12.7. The molecule has 0 saturated carbocycles. The van der Waals surface area contributed by atoms with Crippen molar-refractivity contribution in [2.75, 3.05) is 5.32 Å². The van der Waals surface area contributed by atoms with Crippen molar-refractivity contribution >= 4 is 51.5 Å². The summed E-state index contributed by atoms with van der Waals surface area (Å²) in [7, 11) is 0. The lowest BCUT2D eigenvalue weighted by molar-refractivity contribution is -0.385. The van der Waals surface area contributed by atoms with E-state index in [2.05, 4.69) is 10.6 Å². The molecule has 1 aromatic carbocycles. The molecule has 1 aromatic rings. The van der Waals surface area contributed by atoms with Gasteiger partial charge in [0.15, 0.2) is 5.69 Å². The Hall–Kier alpha value is -1.71. The highest BCUT2D eigenvalue weighted by molar-refractivity contribution is 14.1. The van der Waals surface area contributed by atoms with Gasteiger partial charge >= 0.3 is 17.5 Å². The lowest BCUT2D eigenvalue weighted by atomic mass is 10.1. The lowest BCUT2D eigenvalue weighted by Crippen LogP contribution is -2.33. The molecular weight excluding hydrogens is 341 g/mol. The van der Waals surface area contributed by atoms with Crippen LogP contribution in [0.25, 0.3) is 0 Å². The molecule has 2 amide bonds. The van der Waals surface area contributed by atoms with Gasteiger partial charge in [-0.2, -0.15) is 5.32 Å². The molecule has 0 atom stereocenters. The molecule has 0 unspecified atom stereocenters. The molecule has 1 aliphatic rings. The second-order valence-corrected chi connectivity index (χ2v) is 4.46. The van der Waals surface area contributed by atoms with E-state index < -0.39 is 16.7 Å². The van der Waals surface area contributed by atoms with Crippen LogP contribution in [0.2, 0.25) is 0 Å². The number of halogens is 1. The first-order chi connectivity index (χ1) is 7.91. The summed E-state index contributed by atoms with van der Waals surface area (Å²) in [6, 6.07) is 1.55. The Balaban J connectivity index is 2.72. The van der Waals surface area contributed by atoms with Crippen LogP contribution in [-0.4, -0.2) is 16.7 Å². The van der Waals surface area contributed by atoms with Gasteiger partial charge in [-0.3, -0.25) is 19.7 Å². The van der Waals surface area contributed by atoms with E-state index in [-0.39, 0.29) is 17.1 Å². The van der Waals surface area contributed by atoms with E-state index in [1.807, 2.05) is 22.6 Å². The first-order valence-electron chi connectivity index (χ1n) is 4.46. The Morgan fingerprint density at radius 2 is 2.12 bits per heavy atom. The van der Waals surface area contributed by atoms with E-state index >= 15 is 0 Å². The number of carbonyl (C=O) groups excluding carboxylic acids is 2. The first-order valence-corrected chi connectivity index (χ1v) is 5.54. The fraction of sp³-hybridized carbons (Fsp3) is 0.111. The highest BCUT2D eigenvalue weighted by atomic mass is 127. The van der Waals surface area contributed by atoms with Crippen molar-refractivity contribution in [3.63, 3.8) is 0 Å². The summed E-state index contributed by atoms with van der Waals surface area (Å²) in [5, 5.41) is 16.7. The predicted molar refractivity (Wildman–Crippen MR) is 66.0 cm³/mol. The van der Waals surface area contributed by atoms with Gasteiger partial charge in [-0.05, 0) is 41.1 Å². The number of nitrogens with zero attached hydrogens (tertiary/aromatic N) is 2. The lowest BCUT2D eigenvalue weighted by Gasteiger charge is -2.16. The molecule has 0 spiro atoms. The minimum atomic E-state index is -1.03. The van der Waals surface area contributed by atoms with Crippen LogP contribution in [0, 0.1) is 20.6 Å². The Bertz CT molecular complexity index is 570. The van der Waals surface area contributed by atoms with Crippen molar-refractivity contribution in [1.82, 2.24) is 5.32 Å². The smallest absolute Gasteiger partial charge is 0.316 e. The number of hydrogen-bond acceptors (Lipinski definition) is 4. The fourth-order valence-corrected chi connectivity index (χ4v) is 2.08. The van der Waals surface area contributed by atoms with Gasteiger partial charge in [0.2, 0.25) is 0 Å². The second-order valence-electron chi connectivity index (χ2n) is 3.38. The summed E-state index contributed by atoms with van der Waals surface area (Å²) in [5.74, 6) is -1.91. The summed E-state index contributed by atoms with van der Waals surface area (Å²) in [5.41, 5.74) is 0.490. The third kappa shape index (κ3) is 1.84. The summed E-state index contributed by atoms with van der Waals surface area (Å²) in [6.07, 6.45) is 0. The molecule has 0 fully saturated rings. The van der Waals surface area contributed by atoms with Gasteiger partial charge in [-0.25, -0.2) is 0 Å². The number of hydrogen-bond donors (Lipinski definition) is 1. The molecule has 0 saturated heterocycles. The minimum absolute atomic E-state index is 0.0883. The zero-order valence-corrected chi connectivity index (χ0v) is 10.6. The molecule has 87 valence electrons. The van der Waals surface area contributed by atoms with Gasteiger partial charge in [0.1, 0.15) is 0 Å². The normalized spacial score (nSPS) is 13.8. The van der Waals surface area contributed by atoms with Crippen LogP contribution in [0.4, 0.5) is 17.1 Å². The Morgan fingerprint density at radius 1 is 1.47 bits per heavy atom. The van der Waals surface area contributed by atoms with E-state index in [9.17, 15) is 19.7 Å². The number of anilines is 1. The highest BCUT2D eigenvalue weighted by Crippen LogP contribution is 2.40. The van der Waals surface area contributed by atoms with Crippen LogP contribution in [0.15, 0.2) is 6.07 Å². The molecule has 8 heteroatoms. The molecule has 1 N–H and O–H groups in total. The highest BCUT2D eigenvalue weighted by Gasteiger charge is 2.33. The SMILES string of the molecule is Cc1cc2c(c([N+](=O)[O-])c1I)[N]C(=O)C(=O)N2. The molecule has 7 nitrogen and oxygen atoms in total. The number of carbonyl (C=O) groups is 2. The maximum Gasteiger partial charge on any atom is 0.336 e. The van der Waals surface area contributed by atoms with Crippen LogP contribution in [0.1, 0.15) is 5.56 Å². The minimum Gasteiger partial charge on any atom is -0.316 e. The summed E-state index contributed by atoms with van der Waals surface area (Å²) < 4.78 is 0.402. The molecule has 1 heterocycles. The zero-order valence-electron chi connectivity index (χ0n) is 8.48. The monoisotopic (exact) mass is 346 g/mol. The number of aryl methyl sites for hydroxylation is 1. The van der Waals surface area contributed by atoms with Crippen molar-refractivity contribution in [1.29, 1.82) is 0 Å².